The Morgan fingerprint density at radius 2 is 2.26 bits per heavy atom. The molecule has 0 aliphatic carbocycles. The van der Waals surface area contributed by atoms with Crippen molar-refractivity contribution in [3.8, 4) is 0 Å². The van der Waals surface area contributed by atoms with Crippen LogP contribution in [-0.4, -0.2) is 35.4 Å². The summed E-state index contributed by atoms with van der Waals surface area (Å²) in [6.45, 7) is 5.53. The largest absolute Gasteiger partial charge is 0.459 e. The number of rotatable bonds is 6. The van der Waals surface area contributed by atoms with Crippen LogP contribution in [0.3, 0.4) is 0 Å². The molecule has 0 saturated carbocycles. The van der Waals surface area contributed by atoms with Crippen LogP contribution in [0.15, 0.2) is 53.3 Å². The fourth-order valence-corrected chi connectivity index (χ4v) is 3.61. The van der Waals surface area contributed by atoms with Crippen molar-refractivity contribution in [1.29, 1.82) is 0 Å². The van der Waals surface area contributed by atoms with Gasteiger partial charge in [0.05, 0.1) is 6.26 Å². The number of amides is 1. The molecule has 2 aromatic heterocycles. The zero-order valence-corrected chi connectivity index (χ0v) is 15.6. The van der Waals surface area contributed by atoms with Gasteiger partial charge in [0.1, 0.15) is 0 Å². The molecule has 5 nitrogen and oxygen atoms in total. The monoisotopic (exact) mass is 363 g/mol. The van der Waals surface area contributed by atoms with Crippen molar-refractivity contribution >= 4 is 28.1 Å². The first-order valence-electron chi connectivity index (χ1n) is 9.62. The Morgan fingerprint density at radius 3 is 3.00 bits per heavy atom. The summed E-state index contributed by atoms with van der Waals surface area (Å²) in [7, 11) is 0. The van der Waals surface area contributed by atoms with E-state index in [0.717, 1.165) is 36.1 Å². The van der Waals surface area contributed by atoms with E-state index < -0.39 is 0 Å². The van der Waals surface area contributed by atoms with Crippen LogP contribution in [0, 0.1) is 0 Å². The highest BCUT2D eigenvalue weighted by Crippen LogP contribution is 2.31. The van der Waals surface area contributed by atoms with Gasteiger partial charge in [0, 0.05) is 41.4 Å². The lowest BCUT2D eigenvalue weighted by molar-refractivity contribution is 0.0996. The van der Waals surface area contributed by atoms with Crippen molar-refractivity contribution in [3.05, 3.63) is 60.2 Å². The summed E-state index contributed by atoms with van der Waals surface area (Å²) in [5.41, 5.74) is 4.46. The number of nitrogens with one attached hydrogen (secondary N) is 2. The maximum absolute atomic E-state index is 12.2. The number of furan rings is 1. The summed E-state index contributed by atoms with van der Waals surface area (Å²) in [6.07, 6.45) is 9.48. The highest BCUT2D eigenvalue weighted by Gasteiger charge is 2.16. The molecular formula is C22H25N3O2. The second-order valence-corrected chi connectivity index (χ2v) is 7.03. The van der Waals surface area contributed by atoms with Crippen molar-refractivity contribution in [2.45, 2.75) is 26.2 Å². The van der Waals surface area contributed by atoms with Gasteiger partial charge in [-0.25, -0.2) is 0 Å². The molecule has 0 unspecified atom stereocenters. The Labute approximate surface area is 159 Å². The summed E-state index contributed by atoms with van der Waals surface area (Å²) >= 11 is 0. The van der Waals surface area contributed by atoms with E-state index in [1.807, 2.05) is 18.2 Å². The van der Waals surface area contributed by atoms with E-state index in [2.05, 4.69) is 34.4 Å². The first kappa shape index (κ1) is 17.6. The average Bonchev–Trinajstić information content (AvgIpc) is 3.36. The second kappa shape index (κ2) is 7.84. The first-order chi connectivity index (χ1) is 13.2. The lowest BCUT2D eigenvalue weighted by Gasteiger charge is -2.26. The van der Waals surface area contributed by atoms with Crippen LogP contribution in [0.5, 0.6) is 0 Å². The predicted octanol–water partition coefficient (Wildman–Crippen LogP) is 4.90. The van der Waals surface area contributed by atoms with Gasteiger partial charge in [0.25, 0.3) is 5.91 Å². The van der Waals surface area contributed by atoms with Gasteiger partial charge in [0.15, 0.2) is 5.76 Å². The number of aromatic nitrogens is 1. The number of carbonyl (C=O) groups excluding carboxylic acids is 1. The molecule has 0 saturated heterocycles. The van der Waals surface area contributed by atoms with E-state index in [-0.39, 0.29) is 5.91 Å². The van der Waals surface area contributed by atoms with Crippen molar-refractivity contribution in [3.63, 3.8) is 0 Å². The molecule has 5 heteroatoms. The molecule has 0 fully saturated rings. The summed E-state index contributed by atoms with van der Waals surface area (Å²) in [4.78, 5) is 18.1. The van der Waals surface area contributed by atoms with E-state index in [4.69, 9.17) is 4.42 Å². The van der Waals surface area contributed by atoms with Crippen LogP contribution < -0.4 is 5.32 Å². The van der Waals surface area contributed by atoms with Crippen molar-refractivity contribution in [1.82, 2.24) is 9.88 Å². The number of fused-ring (bicyclic) bond motifs is 1. The van der Waals surface area contributed by atoms with Gasteiger partial charge >= 0.3 is 0 Å². The number of H-pyrrole nitrogens is 1. The van der Waals surface area contributed by atoms with Gasteiger partial charge in [-0.15, -0.1) is 0 Å². The van der Waals surface area contributed by atoms with E-state index in [9.17, 15) is 4.79 Å². The number of hydrogen-bond acceptors (Lipinski definition) is 3. The Bertz CT molecular complexity index is 953. The molecule has 0 bridgehead atoms. The Kier molecular flexibility index (Phi) is 5.12. The highest BCUT2D eigenvalue weighted by atomic mass is 16.3. The molecule has 140 valence electrons. The molecule has 1 aliphatic rings. The van der Waals surface area contributed by atoms with Gasteiger partial charge < -0.3 is 14.7 Å². The quantitative estimate of drug-likeness (QED) is 0.655. The zero-order valence-electron chi connectivity index (χ0n) is 15.6. The van der Waals surface area contributed by atoms with E-state index >= 15 is 0 Å². The Hall–Kier alpha value is -2.79. The van der Waals surface area contributed by atoms with Crippen molar-refractivity contribution in [2.24, 2.45) is 0 Å². The molecule has 27 heavy (non-hydrogen) atoms. The first-order valence-corrected chi connectivity index (χ1v) is 9.62. The number of hydrogen-bond donors (Lipinski definition) is 2. The summed E-state index contributed by atoms with van der Waals surface area (Å²) in [5, 5.41) is 4.05. The van der Waals surface area contributed by atoms with Crippen LogP contribution in [0.2, 0.25) is 0 Å². The van der Waals surface area contributed by atoms with Gasteiger partial charge in [0.2, 0.25) is 0 Å². The third kappa shape index (κ3) is 3.83. The van der Waals surface area contributed by atoms with Gasteiger partial charge in [-0.05, 0) is 55.3 Å². The second-order valence-electron chi connectivity index (χ2n) is 7.03. The van der Waals surface area contributed by atoms with E-state index in [1.54, 1.807) is 12.1 Å². The number of nitrogens with zero attached hydrogens (tertiary/aromatic N) is 1. The lowest BCUT2D eigenvalue weighted by Crippen LogP contribution is -2.29. The van der Waals surface area contributed by atoms with Crippen molar-refractivity contribution < 1.29 is 9.21 Å². The molecule has 3 heterocycles. The number of carbonyl (C=O) groups is 1. The standard InChI is InChI=1S/C22H25N3O2/c1-2-3-10-25-11-8-16(9-12-25)19-15-23-20-7-6-17(14-18(19)20)24-22(26)21-5-4-13-27-21/h4-8,13-15,23H,2-3,9-12H2,1H3,(H,24,26). The average molecular weight is 363 g/mol. The number of benzene rings is 1. The molecule has 1 aliphatic heterocycles. The minimum atomic E-state index is -0.236. The van der Waals surface area contributed by atoms with E-state index in [0.29, 0.717) is 5.76 Å². The van der Waals surface area contributed by atoms with Crippen LogP contribution in [-0.2, 0) is 0 Å². The fourth-order valence-electron chi connectivity index (χ4n) is 3.61. The third-order valence-corrected chi connectivity index (χ3v) is 5.15. The van der Waals surface area contributed by atoms with Gasteiger partial charge in [-0.2, -0.15) is 0 Å². The summed E-state index contributed by atoms with van der Waals surface area (Å²) in [6, 6.07) is 9.32. The third-order valence-electron chi connectivity index (χ3n) is 5.15. The molecule has 4 rings (SSSR count). The SMILES string of the molecule is CCCCN1CC=C(c2c[nH]c3ccc(NC(=O)c4ccco4)cc23)CC1. The molecule has 0 atom stereocenters. The summed E-state index contributed by atoms with van der Waals surface area (Å²) < 4.78 is 5.16. The van der Waals surface area contributed by atoms with Gasteiger partial charge in [-0.3, -0.25) is 9.69 Å². The minimum absolute atomic E-state index is 0.236. The van der Waals surface area contributed by atoms with E-state index in [1.165, 1.54) is 36.8 Å². The number of anilines is 1. The van der Waals surface area contributed by atoms with Crippen LogP contribution in [0.4, 0.5) is 5.69 Å². The molecule has 0 radical (unpaired) electrons. The predicted molar refractivity (Wildman–Crippen MR) is 109 cm³/mol. The molecule has 1 aromatic carbocycles. The van der Waals surface area contributed by atoms with Crippen LogP contribution >= 0.6 is 0 Å². The maximum atomic E-state index is 12.2. The van der Waals surface area contributed by atoms with Gasteiger partial charge in [-0.1, -0.05) is 19.4 Å². The number of aromatic amines is 1. The summed E-state index contributed by atoms with van der Waals surface area (Å²) in [5.74, 6) is 0.0754. The molecule has 1 amide bonds. The van der Waals surface area contributed by atoms with Crippen molar-refractivity contribution in [2.75, 3.05) is 25.0 Å². The molecule has 3 aromatic rings. The highest BCUT2D eigenvalue weighted by molar-refractivity contribution is 6.04. The van der Waals surface area contributed by atoms with Crippen LogP contribution in [0.25, 0.3) is 16.5 Å². The Morgan fingerprint density at radius 1 is 1.33 bits per heavy atom. The normalized spacial score (nSPS) is 15.1. The fraction of sp³-hybridized carbons (Fsp3) is 0.318. The Balaban J connectivity index is 1.54. The molecular weight excluding hydrogens is 338 g/mol. The minimum Gasteiger partial charge on any atom is -0.459 e. The molecule has 2 N–H and O–H groups in total. The lowest BCUT2D eigenvalue weighted by atomic mass is 9.98. The molecule has 0 spiro atoms. The number of unbranched alkanes of at least 4 members (excludes halogenated alkanes) is 1. The zero-order chi connectivity index (χ0) is 18.6. The topological polar surface area (TPSA) is 61.3 Å². The van der Waals surface area contributed by atoms with Crippen LogP contribution in [0.1, 0.15) is 42.3 Å². The maximum Gasteiger partial charge on any atom is 0.291 e. The smallest absolute Gasteiger partial charge is 0.291 e.